The maximum Gasteiger partial charge on any atom is 0.407 e. The molecule has 0 radical (unpaired) electrons. The van der Waals surface area contributed by atoms with Gasteiger partial charge in [-0.15, -0.1) is 0 Å². The molecule has 1 unspecified atom stereocenters. The molecular formula is C18H24N2O2. The Morgan fingerprint density at radius 1 is 1.18 bits per heavy atom. The van der Waals surface area contributed by atoms with E-state index in [1.54, 1.807) is 0 Å². The van der Waals surface area contributed by atoms with E-state index < -0.39 is 11.7 Å². The molecule has 0 aromatic heterocycles. The Balaban J connectivity index is 2.12. The van der Waals surface area contributed by atoms with Crippen molar-refractivity contribution < 1.29 is 9.53 Å². The van der Waals surface area contributed by atoms with Crippen LogP contribution in [0, 0.1) is 0 Å². The summed E-state index contributed by atoms with van der Waals surface area (Å²) in [5.74, 6) is 0.0543. The predicted molar refractivity (Wildman–Crippen MR) is 90.0 cm³/mol. The summed E-state index contributed by atoms with van der Waals surface area (Å²) >= 11 is 0. The zero-order valence-corrected chi connectivity index (χ0v) is 13.4. The Morgan fingerprint density at radius 3 is 2.55 bits per heavy atom. The van der Waals surface area contributed by atoms with E-state index in [-0.39, 0.29) is 5.92 Å². The fourth-order valence-electron chi connectivity index (χ4n) is 2.45. The fourth-order valence-corrected chi connectivity index (χ4v) is 2.45. The van der Waals surface area contributed by atoms with Gasteiger partial charge < -0.3 is 15.8 Å². The highest BCUT2D eigenvalue weighted by Gasteiger charge is 2.18. The van der Waals surface area contributed by atoms with E-state index in [9.17, 15) is 4.79 Å². The minimum atomic E-state index is -0.498. The van der Waals surface area contributed by atoms with Gasteiger partial charge in [0.1, 0.15) is 5.60 Å². The number of carbonyl (C=O) groups is 1. The highest BCUT2D eigenvalue weighted by atomic mass is 16.6. The van der Waals surface area contributed by atoms with Crippen LogP contribution in [0.5, 0.6) is 0 Å². The van der Waals surface area contributed by atoms with Crippen LogP contribution in [0.25, 0.3) is 10.8 Å². The van der Waals surface area contributed by atoms with E-state index in [4.69, 9.17) is 10.5 Å². The van der Waals surface area contributed by atoms with Crippen molar-refractivity contribution in [2.45, 2.75) is 32.3 Å². The molecule has 3 N–H and O–H groups in total. The Morgan fingerprint density at radius 2 is 1.86 bits per heavy atom. The van der Waals surface area contributed by atoms with E-state index in [2.05, 4.69) is 29.6 Å². The van der Waals surface area contributed by atoms with Crippen LogP contribution in [-0.2, 0) is 4.74 Å². The molecule has 4 heteroatoms. The van der Waals surface area contributed by atoms with E-state index in [1.807, 2.05) is 39.0 Å². The van der Waals surface area contributed by atoms with Gasteiger partial charge in [0, 0.05) is 19.0 Å². The number of amides is 1. The minimum Gasteiger partial charge on any atom is -0.444 e. The second-order valence-corrected chi connectivity index (χ2v) is 6.38. The molecule has 2 aromatic carbocycles. The maximum absolute atomic E-state index is 11.8. The first-order chi connectivity index (χ1) is 10.4. The van der Waals surface area contributed by atoms with Crippen LogP contribution in [0.4, 0.5) is 4.79 Å². The lowest BCUT2D eigenvalue weighted by Gasteiger charge is -2.22. The molecule has 0 fully saturated rings. The molecule has 1 amide bonds. The first-order valence-corrected chi connectivity index (χ1v) is 7.55. The second-order valence-electron chi connectivity index (χ2n) is 6.38. The highest BCUT2D eigenvalue weighted by molar-refractivity contribution is 5.86. The number of carbonyl (C=O) groups excluding carboxylic acids is 1. The van der Waals surface area contributed by atoms with E-state index >= 15 is 0 Å². The molecule has 0 saturated heterocycles. The third-order valence-electron chi connectivity index (χ3n) is 3.44. The van der Waals surface area contributed by atoms with Gasteiger partial charge in [0.15, 0.2) is 0 Å². The van der Waals surface area contributed by atoms with Gasteiger partial charge in [0.25, 0.3) is 0 Å². The normalized spacial score (nSPS) is 12.9. The van der Waals surface area contributed by atoms with Crippen LogP contribution in [-0.4, -0.2) is 24.8 Å². The number of fused-ring (bicyclic) bond motifs is 1. The number of hydrogen-bond acceptors (Lipinski definition) is 3. The molecule has 2 aromatic rings. The Labute approximate surface area is 131 Å². The number of nitrogens with two attached hydrogens (primary N) is 1. The molecule has 22 heavy (non-hydrogen) atoms. The summed E-state index contributed by atoms with van der Waals surface area (Å²) in [4.78, 5) is 11.8. The maximum atomic E-state index is 11.8. The average molecular weight is 300 g/mol. The zero-order chi connectivity index (χ0) is 16.2. The third-order valence-corrected chi connectivity index (χ3v) is 3.44. The quantitative estimate of drug-likeness (QED) is 0.909. The van der Waals surface area contributed by atoms with Gasteiger partial charge >= 0.3 is 6.09 Å². The van der Waals surface area contributed by atoms with Crippen LogP contribution in [0.15, 0.2) is 42.5 Å². The highest BCUT2D eigenvalue weighted by Crippen LogP contribution is 2.25. The van der Waals surface area contributed by atoms with Gasteiger partial charge in [0.05, 0.1) is 0 Å². The van der Waals surface area contributed by atoms with Crippen LogP contribution >= 0.6 is 0 Å². The molecule has 118 valence electrons. The van der Waals surface area contributed by atoms with Crippen molar-refractivity contribution in [1.29, 1.82) is 0 Å². The van der Waals surface area contributed by atoms with Crippen molar-refractivity contribution in [3.8, 4) is 0 Å². The Bertz CT molecular complexity index is 642. The van der Waals surface area contributed by atoms with Crippen molar-refractivity contribution in [3.63, 3.8) is 0 Å². The molecule has 0 bridgehead atoms. The van der Waals surface area contributed by atoms with Crippen LogP contribution in [0.1, 0.15) is 32.3 Å². The average Bonchev–Trinajstić information content (AvgIpc) is 2.46. The molecule has 0 aliphatic heterocycles. The van der Waals surface area contributed by atoms with Crippen molar-refractivity contribution in [2.75, 3.05) is 13.1 Å². The molecule has 0 aliphatic carbocycles. The monoisotopic (exact) mass is 300 g/mol. The summed E-state index contributed by atoms with van der Waals surface area (Å²) < 4.78 is 5.27. The number of rotatable bonds is 4. The second kappa shape index (κ2) is 6.79. The molecular weight excluding hydrogens is 276 g/mol. The summed E-state index contributed by atoms with van der Waals surface area (Å²) in [5, 5.41) is 5.16. The van der Waals surface area contributed by atoms with E-state index in [0.717, 1.165) is 5.56 Å². The minimum absolute atomic E-state index is 0.0543. The predicted octanol–water partition coefficient (Wildman–Crippen LogP) is 3.41. The molecule has 1 atom stereocenters. The lowest BCUT2D eigenvalue weighted by Crippen LogP contribution is -2.36. The Kier molecular flexibility index (Phi) is 5.03. The van der Waals surface area contributed by atoms with Crippen LogP contribution in [0.2, 0.25) is 0 Å². The largest absolute Gasteiger partial charge is 0.444 e. The molecule has 0 aliphatic rings. The number of alkyl carbamates (subject to hydrolysis) is 1. The lowest BCUT2D eigenvalue weighted by atomic mass is 9.93. The third kappa shape index (κ3) is 4.21. The number of ether oxygens (including phenoxy) is 1. The first kappa shape index (κ1) is 16.3. The number of hydrogen-bond donors (Lipinski definition) is 2. The summed E-state index contributed by atoms with van der Waals surface area (Å²) in [6, 6.07) is 14.4. The van der Waals surface area contributed by atoms with E-state index in [1.165, 1.54) is 10.8 Å². The van der Waals surface area contributed by atoms with Gasteiger partial charge in [-0.25, -0.2) is 4.79 Å². The van der Waals surface area contributed by atoms with Gasteiger partial charge in [-0.2, -0.15) is 0 Å². The number of nitrogens with one attached hydrogen (secondary N) is 1. The standard InChI is InChI=1S/C18H24N2O2/c1-18(2,3)22-17(21)20-12-14(11-19)16-10-6-8-13-7-4-5-9-15(13)16/h4-10,14H,11-12,19H2,1-3H3,(H,20,21). The van der Waals surface area contributed by atoms with Crippen molar-refractivity contribution >= 4 is 16.9 Å². The fraction of sp³-hybridized carbons (Fsp3) is 0.389. The number of benzene rings is 2. The van der Waals surface area contributed by atoms with Crippen LogP contribution < -0.4 is 11.1 Å². The van der Waals surface area contributed by atoms with Crippen LogP contribution in [0.3, 0.4) is 0 Å². The van der Waals surface area contributed by atoms with Gasteiger partial charge in [0.2, 0.25) is 0 Å². The zero-order valence-electron chi connectivity index (χ0n) is 13.4. The van der Waals surface area contributed by atoms with Crippen molar-refractivity contribution in [3.05, 3.63) is 48.0 Å². The molecule has 4 nitrogen and oxygen atoms in total. The van der Waals surface area contributed by atoms with Gasteiger partial charge in [-0.05, 0) is 37.1 Å². The van der Waals surface area contributed by atoms with Gasteiger partial charge in [-0.1, -0.05) is 42.5 Å². The summed E-state index contributed by atoms with van der Waals surface area (Å²) in [5.41, 5.74) is 6.57. The van der Waals surface area contributed by atoms with Crippen molar-refractivity contribution in [1.82, 2.24) is 5.32 Å². The molecule has 0 saturated carbocycles. The van der Waals surface area contributed by atoms with Crippen molar-refractivity contribution in [2.24, 2.45) is 5.73 Å². The smallest absolute Gasteiger partial charge is 0.407 e. The SMILES string of the molecule is CC(C)(C)OC(=O)NCC(CN)c1cccc2ccccc12. The first-order valence-electron chi connectivity index (χ1n) is 7.55. The topological polar surface area (TPSA) is 64.3 Å². The summed E-state index contributed by atoms with van der Waals surface area (Å²) in [6.45, 7) is 6.45. The van der Waals surface area contributed by atoms with E-state index in [0.29, 0.717) is 13.1 Å². The van der Waals surface area contributed by atoms with Gasteiger partial charge in [-0.3, -0.25) is 0 Å². The summed E-state index contributed by atoms with van der Waals surface area (Å²) in [7, 11) is 0. The lowest BCUT2D eigenvalue weighted by molar-refractivity contribution is 0.0525. The molecule has 2 rings (SSSR count). The molecule has 0 spiro atoms. The molecule has 0 heterocycles. The Hall–Kier alpha value is -2.07. The summed E-state index contributed by atoms with van der Waals surface area (Å²) in [6.07, 6.45) is -0.411.